The monoisotopic (exact) mass is 231 g/mol. The van der Waals surface area contributed by atoms with Crippen LogP contribution in [0.15, 0.2) is 0 Å². The Morgan fingerprint density at radius 3 is 2.62 bits per heavy atom. The highest BCUT2D eigenvalue weighted by Gasteiger charge is 2.34. The van der Waals surface area contributed by atoms with Crippen molar-refractivity contribution in [3.63, 3.8) is 0 Å². The van der Waals surface area contributed by atoms with E-state index in [-0.39, 0.29) is 12.3 Å². The Bertz CT molecular complexity index is 185. The molecule has 0 radical (unpaired) electrons. The van der Waals surface area contributed by atoms with Gasteiger partial charge in [-0.15, -0.1) is 0 Å². The third kappa shape index (κ3) is 4.01. The average molecular weight is 231 g/mol. The Hall–Kier alpha value is -0.160. The van der Waals surface area contributed by atoms with Crippen molar-refractivity contribution in [1.82, 2.24) is 5.32 Å². The van der Waals surface area contributed by atoms with E-state index in [0.29, 0.717) is 6.42 Å². The van der Waals surface area contributed by atoms with Crippen molar-refractivity contribution in [2.45, 2.75) is 57.0 Å². The molecule has 0 aromatic rings. The van der Waals surface area contributed by atoms with Crippen LogP contribution in [0.4, 0.5) is 0 Å². The van der Waals surface area contributed by atoms with Gasteiger partial charge in [-0.05, 0) is 26.3 Å². The quantitative estimate of drug-likeness (QED) is 0.700. The van der Waals surface area contributed by atoms with Crippen LogP contribution in [0.25, 0.3) is 0 Å². The largest absolute Gasteiger partial charge is 0.388 e. The van der Waals surface area contributed by atoms with E-state index in [1.54, 1.807) is 14.2 Å². The van der Waals surface area contributed by atoms with E-state index in [1.165, 1.54) is 19.3 Å². The second-order valence-electron chi connectivity index (χ2n) is 4.82. The minimum atomic E-state index is -0.777. The molecule has 0 spiro atoms. The number of methoxy groups -OCH3 is 2. The van der Waals surface area contributed by atoms with Gasteiger partial charge in [0.2, 0.25) is 0 Å². The smallest absolute Gasteiger partial charge is 0.159 e. The van der Waals surface area contributed by atoms with Crippen molar-refractivity contribution in [1.29, 1.82) is 0 Å². The molecule has 2 N–H and O–H groups in total. The molecule has 2 unspecified atom stereocenters. The molecular weight excluding hydrogens is 206 g/mol. The van der Waals surface area contributed by atoms with E-state index in [0.717, 1.165) is 13.0 Å². The summed E-state index contributed by atoms with van der Waals surface area (Å²) in [5, 5.41) is 13.9. The van der Waals surface area contributed by atoms with Gasteiger partial charge in [-0.3, -0.25) is 0 Å². The first-order chi connectivity index (χ1) is 7.60. The van der Waals surface area contributed by atoms with Gasteiger partial charge in [0.15, 0.2) is 6.29 Å². The van der Waals surface area contributed by atoms with E-state index in [1.807, 2.05) is 6.92 Å². The lowest BCUT2D eigenvalue weighted by Gasteiger charge is -2.35. The maximum atomic E-state index is 10.5. The highest BCUT2D eigenvalue weighted by Crippen LogP contribution is 2.24. The molecule has 1 rings (SSSR count). The zero-order chi connectivity index (χ0) is 12.0. The Balaban J connectivity index is 2.52. The molecule has 0 saturated carbocycles. The minimum Gasteiger partial charge on any atom is -0.388 e. The standard InChI is InChI=1S/C12H25NO3/c1-12(14,9-11(15-2)16-3)10-7-5-4-6-8-13-10/h10-11,13-14H,4-9H2,1-3H3. The van der Waals surface area contributed by atoms with Crippen LogP contribution < -0.4 is 5.32 Å². The van der Waals surface area contributed by atoms with Gasteiger partial charge in [0.1, 0.15) is 0 Å². The Kier molecular flexibility index (Phi) is 5.69. The fourth-order valence-electron chi connectivity index (χ4n) is 2.30. The van der Waals surface area contributed by atoms with Gasteiger partial charge in [-0.1, -0.05) is 12.8 Å². The van der Waals surface area contributed by atoms with Crippen molar-refractivity contribution in [2.75, 3.05) is 20.8 Å². The fraction of sp³-hybridized carbons (Fsp3) is 1.00. The number of ether oxygens (including phenoxy) is 2. The summed E-state index contributed by atoms with van der Waals surface area (Å²) in [6.07, 6.45) is 4.81. The summed E-state index contributed by atoms with van der Waals surface area (Å²) < 4.78 is 10.3. The highest BCUT2D eigenvalue weighted by molar-refractivity contribution is 4.89. The molecule has 1 heterocycles. The van der Waals surface area contributed by atoms with Gasteiger partial charge in [0, 0.05) is 26.7 Å². The van der Waals surface area contributed by atoms with E-state index in [9.17, 15) is 5.11 Å². The van der Waals surface area contributed by atoms with Crippen molar-refractivity contribution in [3.05, 3.63) is 0 Å². The molecule has 1 aliphatic rings. The predicted molar refractivity (Wildman–Crippen MR) is 63.3 cm³/mol. The molecule has 1 fully saturated rings. The van der Waals surface area contributed by atoms with Crippen LogP contribution in [0.3, 0.4) is 0 Å². The van der Waals surface area contributed by atoms with Crippen LogP contribution in [0, 0.1) is 0 Å². The summed E-state index contributed by atoms with van der Waals surface area (Å²) in [4.78, 5) is 0. The normalized spacial score (nSPS) is 26.4. The Labute approximate surface area is 98.3 Å². The maximum absolute atomic E-state index is 10.5. The number of rotatable bonds is 5. The number of hydrogen-bond acceptors (Lipinski definition) is 4. The number of nitrogens with one attached hydrogen (secondary N) is 1. The summed E-state index contributed by atoms with van der Waals surface area (Å²) in [5.74, 6) is 0. The average Bonchev–Trinajstić information content (AvgIpc) is 2.54. The van der Waals surface area contributed by atoms with Crippen molar-refractivity contribution in [2.24, 2.45) is 0 Å². The first-order valence-electron chi connectivity index (χ1n) is 6.11. The van der Waals surface area contributed by atoms with Crippen LogP contribution in [0.2, 0.25) is 0 Å². The van der Waals surface area contributed by atoms with Gasteiger partial charge in [-0.25, -0.2) is 0 Å². The van der Waals surface area contributed by atoms with Crippen LogP contribution >= 0.6 is 0 Å². The van der Waals surface area contributed by atoms with Crippen LogP contribution in [-0.4, -0.2) is 43.8 Å². The van der Waals surface area contributed by atoms with Crippen LogP contribution in [-0.2, 0) is 9.47 Å². The molecule has 0 amide bonds. The lowest BCUT2D eigenvalue weighted by Crippen LogP contribution is -2.50. The fourth-order valence-corrected chi connectivity index (χ4v) is 2.30. The zero-order valence-corrected chi connectivity index (χ0v) is 10.7. The first-order valence-corrected chi connectivity index (χ1v) is 6.11. The Morgan fingerprint density at radius 2 is 2.00 bits per heavy atom. The molecule has 96 valence electrons. The van der Waals surface area contributed by atoms with Crippen LogP contribution in [0.5, 0.6) is 0 Å². The molecule has 0 aromatic heterocycles. The zero-order valence-electron chi connectivity index (χ0n) is 10.7. The lowest BCUT2D eigenvalue weighted by molar-refractivity contribution is -0.146. The van der Waals surface area contributed by atoms with E-state index < -0.39 is 5.60 Å². The number of hydrogen-bond donors (Lipinski definition) is 2. The maximum Gasteiger partial charge on any atom is 0.159 e. The van der Waals surface area contributed by atoms with Crippen LogP contribution in [0.1, 0.15) is 39.0 Å². The van der Waals surface area contributed by atoms with E-state index in [4.69, 9.17) is 9.47 Å². The molecule has 1 aliphatic heterocycles. The third-order valence-corrected chi connectivity index (χ3v) is 3.42. The highest BCUT2D eigenvalue weighted by atomic mass is 16.7. The second-order valence-corrected chi connectivity index (χ2v) is 4.82. The molecule has 16 heavy (non-hydrogen) atoms. The second kappa shape index (κ2) is 6.55. The molecule has 2 atom stereocenters. The Morgan fingerprint density at radius 1 is 1.31 bits per heavy atom. The van der Waals surface area contributed by atoms with Gasteiger partial charge in [0.05, 0.1) is 5.60 Å². The van der Waals surface area contributed by atoms with Gasteiger partial charge < -0.3 is 19.9 Å². The van der Waals surface area contributed by atoms with Gasteiger partial charge in [-0.2, -0.15) is 0 Å². The van der Waals surface area contributed by atoms with Crippen molar-refractivity contribution < 1.29 is 14.6 Å². The van der Waals surface area contributed by atoms with Gasteiger partial charge in [0.25, 0.3) is 0 Å². The SMILES string of the molecule is COC(CC(C)(O)C1CCCCCN1)OC. The molecule has 0 bridgehead atoms. The lowest BCUT2D eigenvalue weighted by atomic mass is 9.89. The van der Waals surface area contributed by atoms with Crippen molar-refractivity contribution >= 4 is 0 Å². The van der Waals surface area contributed by atoms with E-state index >= 15 is 0 Å². The predicted octanol–water partition coefficient (Wildman–Crippen LogP) is 1.28. The van der Waals surface area contributed by atoms with E-state index in [2.05, 4.69) is 5.32 Å². The number of aliphatic hydroxyl groups is 1. The summed E-state index contributed by atoms with van der Waals surface area (Å²) in [6, 6.07) is 0.141. The van der Waals surface area contributed by atoms with Crippen molar-refractivity contribution in [3.8, 4) is 0 Å². The summed E-state index contributed by atoms with van der Waals surface area (Å²) in [5.41, 5.74) is -0.777. The molecular formula is C12H25NO3. The molecule has 0 aliphatic carbocycles. The topological polar surface area (TPSA) is 50.7 Å². The summed E-state index contributed by atoms with van der Waals surface area (Å²) >= 11 is 0. The third-order valence-electron chi connectivity index (χ3n) is 3.42. The minimum absolute atomic E-state index is 0.141. The first kappa shape index (κ1) is 13.9. The summed E-state index contributed by atoms with van der Waals surface area (Å²) in [7, 11) is 3.20. The molecule has 4 heteroatoms. The molecule has 1 saturated heterocycles. The summed E-state index contributed by atoms with van der Waals surface area (Å²) in [6.45, 7) is 2.85. The molecule has 0 aromatic carbocycles. The van der Waals surface area contributed by atoms with Gasteiger partial charge >= 0.3 is 0 Å². The molecule has 4 nitrogen and oxygen atoms in total.